The fraction of sp³-hybridized carbons (Fsp3) is 0.818. The Morgan fingerprint density at radius 1 is 0.875 bits per heavy atom. The first kappa shape index (κ1) is 22.3. The Bertz CT molecular complexity index is 331. The van der Waals surface area contributed by atoms with E-state index in [2.05, 4.69) is 46.1 Å². The molecule has 0 radical (unpaired) electrons. The summed E-state index contributed by atoms with van der Waals surface area (Å²) in [6, 6.07) is 0. The quantitative estimate of drug-likeness (QED) is 0.159. The van der Waals surface area contributed by atoms with Crippen molar-refractivity contribution in [1.29, 1.82) is 0 Å². The minimum absolute atomic E-state index is 1.03. The molecule has 0 bridgehead atoms. The van der Waals surface area contributed by atoms with Crippen LogP contribution in [-0.4, -0.2) is 46.6 Å². The average Bonchev–Trinajstić information content (AvgIpc) is 2.99. The summed E-state index contributed by atoms with van der Waals surface area (Å²) in [6.07, 6.45) is 16.0. The fourth-order valence-electron chi connectivity index (χ4n) is 5.40. The first-order chi connectivity index (χ1) is 11.6. The molecule has 24 heavy (non-hydrogen) atoms. The molecule has 0 aromatic rings. The first-order valence-electron chi connectivity index (χ1n) is 10.7. The molecule has 1 fully saturated rings. The van der Waals surface area contributed by atoms with Crippen LogP contribution in [0.3, 0.4) is 0 Å². The van der Waals surface area contributed by atoms with Gasteiger partial charge in [-0.1, -0.05) is 0 Å². The van der Waals surface area contributed by atoms with Crippen molar-refractivity contribution >= 4 is 18.4 Å². The number of rotatable bonds is 14. The van der Waals surface area contributed by atoms with Gasteiger partial charge in [0.05, 0.1) is 0 Å². The summed E-state index contributed by atoms with van der Waals surface area (Å²) >= 11 is -2.18. The molecule has 1 aliphatic rings. The third-order valence-corrected chi connectivity index (χ3v) is 24.5. The van der Waals surface area contributed by atoms with Crippen molar-refractivity contribution in [3.05, 3.63) is 25.3 Å². The van der Waals surface area contributed by atoms with Crippen LogP contribution in [0.15, 0.2) is 25.3 Å². The fourth-order valence-corrected chi connectivity index (χ4v) is 26.1. The van der Waals surface area contributed by atoms with Gasteiger partial charge in [-0.2, -0.15) is 0 Å². The van der Waals surface area contributed by atoms with E-state index in [0.29, 0.717) is 0 Å². The second-order valence-electron chi connectivity index (χ2n) is 8.22. The zero-order valence-corrected chi connectivity index (χ0v) is 19.8. The van der Waals surface area contributed by atoms with Gasteiger partial charge in [0.2, 0.25) is 0 Å². The maximum atomic E-state index is 4.13. The van der Waals surface area contributed by atoms with Gasteiger partial charge in [-0.3, -0.25) is 0 Å². The monoisotopic (exact) mass is 442 g/mol. The Labute approximate surface area is 157 Å². The van der Waals surface area contributed by atoms with Crippen LogP contribution in [0.2, 0.25) is 13.3 Å². The maximum absolute atomic E-state index is 4.13. The van der Waals surface area contributed by atoms with E-state index in [4.69, 9.17) is 0 Å². The van der Waals surface area contributed by atoms with Gasteiger partial charge < -0.3 is 0 Å². The summed E-state index contributed by atoms with van der Waals surface area (Å²) in [5.41, 5.74) is 0. The van der Waals surface area contributed by atoms with Gasteiger partial charge in [-0.15, -0.1) is 0 Å². The average molecular weight is 441 g/mol. The zero-order chi connectivity index (χ0) is 17.9. The molecule has 1 aliphatic heterocycles. The van der Waals surface area contributed by atoms with Crippen LogP contribution < -0.4 is 0 Å². The summed E-state index contributed by atoms with van der Waals surface area (Å²) in [5, 5.41) is 0. The van der Waals surface area contributed by atoms with Gasteiger partial charge in [-0.05, 0) is 0 Å². The van der Waals surface area contributed by atoms with E-state index in [0.717, 1.165) is 4.06 Å². The van der Waals surface area contributed by atoms with E-state index < -0.39 is 18.4 Å². The summed E-state index contributed by atoms with van der Waals surface area (Å²) in [5.74, 6) is 0. The standard InChI is InChI=1S/C10H17N.3C4H9.Sn/c1-3-7-11(8-4-2)9-5-6-10-11;3*1-3-4-2;/h3-4,9H,1-2,5-8,10H2;3*1,3-4H2,2H3;/q+1;;;;. The molecule has 140 valence electrons. The van der Waals surface area contributed by atoms with Gasteiger partial charge in [-0.25, -0.2) is 0 Å². The van der Waals surface area contributed by atoms with Crippen LogP contribution >= 0.6 is 0 Å². The second-order valence-corrected chi connectivity index (χ2v) is 22.2. The van der Waals surface area contributed by atoms with E-state index in [1.54, 1.807) is 13.3 Å². The molecule has 0 aliphatic carbocycles. The van der Waals surface area contributed by atoms with Crippen molar-refractivity contribution in [2.75, 3.05) is 19.6 Å². The molecule has 0 aromatic heterocycles. The molecule has 0 aromatic carbocycles. The molecule has 1 rings (SSSR count). The van der Waals surface area contributed by atoms with E-state index >= 15 is 0 Å². The van der Waals surface area contributed by atoms with E-state index in [9.17, 15) is 0 Å². The Balaban J connectivity index is 3.19. The summed E-state index contributed by atoms with van der Waals surface area (Å²) in [7, 11) is 0. The molecular weight excluding hydrogens is 397 g/mol. The number of likely N-dealkylation sites (tertiary alicyclic amines) is 1. The number of quaternary nitrogens is 1. The van der Waals surface area contributed by atoms with Crippen LogP contribution in [0, 0.1) is 0 Å². The van der Waals surface area contributed by atoms with Gasteiger partial charge in [0.1, 0.15) is 0 Å². The Morgan fingerprint density at radius 2 is 1.33 bits per heavy atom. The van der Waals surface area contributed by atoms with Crippen molar-refractivity contribution in [2.45, 2.75) is 89.5 Å². The Hall–Kier alpha value is 0.239. The van der Waals surface area contributed by atoms with Crippen LogP contribution in [0.1, 0.15) is 72.1 Å². The molecule has 1 heterocycles. The third kappa shape index (κ3) is 5.62. The molecule has 2 heteroatoms. The van der Waals surface area contributed by atoms with Crippen LogP contribution in [0.25, 0.3) is 0 Å². The molecular formula is C22H44NSn+. The summed E-state index contributed by atoms with van der Waals surface area (Å²) < 4.78 is 7.29. The van der Waals surface area contributed by atoms with Crippen LogP contribution in [0.4, 0.5) is 0 Å². The Kier molecular flexibility index (Phi) is 10.9. The van der Waals surface area contributed by atoms with Gasteiger partial charge in [0.15, 0.2) is 0 Å². The van der Waals surface area contributed by atoms with Crippen molar-refractivity contribution in [3.63, 3.8) is 0 Å². The van der Waals surface area contributed by atoms with Crippen molar-refractivity contribution in [1.82, 2.24) is 0 Å². The third-order valence-electron chi connectivity index (χ3n) is 6.52. The molecule has 0 amide bonds. The van der Waals surface area contributed by atoms with Gasteiger partial charge in [0.25, 0.3) is 0 Å². The predicted octanol–water partition coefficient (Wildman–Crippen LogP) is 6.73. The SMILES string of the molecule is C=CC[N+]1(CC=C)CCC[C@@H]1[Sn]([CH2]CCC)([CH2]CCC)[CH2]CCC. The van der Waals surface area contributed by atoms with Crippen molar-refractivity contribution < 1.29 is 4.48 Å². The molecule has 1 saturated heterocycles. The van der Waals surface area contributed by atoms with Gasteiger partial charge in [0, 0.05) is 0 Å². The number of nitrogens with zero attached hydrogens (tertiary/aromatic N) is 1. The van der Waals surface area contributed by atoms with E-state index in [-0.39, 0.29) is 0 Å². The molecule has 1 nitrogen and oxygen atoms in total. The molecule has 0 N–H and O–H groups in total. The first-order valence-corrected chi connectivity index (χ1v) is 18.4. The zero-order valence-electron chi connectivity index (χ0n) is 17.0. The molecule has 0 saturated carbocycles. The second kappa shape index (κ2) is 11.8. The van der Waals surface area contributed by atoms with E-state index in [1.165, 1.54) is 75.5 Å². The number of unbranched alkanes of at least 4 members (excludes halogenated alkanes) is 3. The summed E-state index contributed by atoms with van der Waals surface area (Å²) in [6.45, 7) is 19.2. The number of hydrogen-bond donors (Lipinski definition) is 0. The van der Waals surface area contributed by atoms with Crippen LogP contribution in [-0.2, 0) is 0 Å². The van der Waals surface area contributed by atoms with E-state index in [1.807, 2.05) is 0 Å². The molecule has 0 spiro atoms. The van der Waals surface area contributed by atoms with Gasteiger partial charge >= 0.3 is 157 Å². The predicted molar refractivity (Wildman–Crippen MR) is 113 cm³/mol. The normalized spacial score (nSPS) is 20.2. The van der Waals surface area contributed by atoms with Crippen molar-refractivity contribution in [3.8, 4) is 0 Å². The molecule has 1 atom stereocenters. The van der Waals surface area contributed by atoms with Crippen molar-refractivity contribution in [2.24, 2.45) is 0 Å². The summed E-state index contributed by atoms with van der Waals surface area (Å²) in [4.78, 5) is 0. The number of hydrogen-bond acceptors (Lipinski definition) is 0. The Morgan fingerprint density at radius 3 is 1.71 bits per heavy atom. The molecule has 0 unspecified atom stereocenters. The minimum atomic E-state index is -2.18. The topological polar surface area (TPSA) is 0 Å². The van der Waals surface area contributed by atoms with Crippen LogP contribution in [0.5, 0.6) is 0 Å².